The lowest BCUT2D eigenvalue weighted by Crippen LogP contribution is -2.15. The molecule has 3 rings (SSSR count). The van der Waals surface area contributed by atoms with Crippen LogP contribution in [-0.4, -0.2) is 23.2 Å². The van der Waals surface area contributed by atoms with E-state index in [1.54, 1.807) is 0 Å². The Morgan fingerprint density at radius 2 is 2.00 bits per heavy atom. The van der Waals surface area contributed by atoms with Gasteiger partial charge in [-0.3, -0.25) is 0 Å². The summed E-state index contributed by atoms with van der Waals surface area (Å²) in [6, 6.07) is 6.05. The van der Waals surface area contributed by atoms with Crippen molar-refractivity contribution in [3.8, 4) is 11.5 Å². The Morgan fingerprint density at radius 1 is 1.22 bits per heavy atom. The third-order valence-electron chi connectivity index (χ3n) is 3.15. The lowest BCUT2D eigenvalue weighted by atomic mass is 9.98. The van der Waals surface area contributed by atoms with Gasteiger partial charge in [0.15, 0.2) is 16.3 Å². The van der Waals surface area contributed by atoms with Crippen molar-refractivity contribution in [1.29, 1.82) is 0 Å². The molecule has 4 nitrogen and oxygen atoms in total. The van der Waals surface area contributed by atoms with E-state index in [2.05, 4.69) is 23.0 Å². The summed E-state index contributed by atoms with van der Waals surface area (Å²) >= 11 is 5.04. The molecule has 2 aromatic rings. The van der Waals surface area contributed by atoms with Gasteiger partial charge in [-0.05, 0) is 29.9 Å². The third-order valence-corrected chi connectivity index (χ3v) is 3.37. The predicted molar refractivity (Wildman–Crippen MR) is 70.9 cm³/mol. The first-order chi connectivity index (χ1) is 8.74. The van der Waals surface area contributed by atoms with E-state index in [1.807, 2.05) is 18.3 Å². The van der Waals surface area contributed by atoms with E-state index >= 15 is 0 Å². The maximum atomic E-state index is 5.59. The zero-order valence-electron chi connectivity index (χ0n) is 10.0. The first-order valence-corrected chi connectivity index (χ1v) is 6.32. The average Bonchev–Trinajstić information content (AvgIpc) is 2.84. The molecule has 0 amide bonds. The topological polar surface area (TPSA) is 50.0 Å². The number of imidazole rings is 1. The van der Waals surface area contributed by atoms with Crippen LogP contribution in [0, 0.1) is 4.77 Å². The molecule has 1 unspecified atom stereocenters. The second-order valence-corrected chi connectivity index (χ2v) is 4.73. The van der Waals surface area contributed by atoms with Crippen molar-refractivity contribution in [3.63, 3.8) is 0 Å². The number of hydrogen-bond acceptors (Lipinski definition) is 3. The highest BCUT2D eigenvalue weighted by atomic mass is 32.1. The Kier molecular flexibility index (Phi) is 2.83. The van der Waals surface area contributed by atoms with E-state index in [4.69, 9.17) is 21.7 Å². The normalized spacial score (nSPS) is 15.4. The van der Waals surface area contributed by atoms with E-state index in [9.17, 15) is 0 Å². The maximum Gasteiger partial charge on any atom is 0.174 e. The fourth-order valence-corrected chi connectivity index (χ4v) is 2.27. The van der Waals surface area contributed by atoms with Crippen LogP contribution in [0.2, 0.25) is 0 Å². The molecule has 0 spiro atoms. The second kappa shape index (κ2) is 4.49. The Hall–Kier alpha value is -1.75. The first-order valence-electron chi connectivity index (χ1n) is 5.91. The van der Waals surface area contributed by atoms with E-state index in [0.29, 0.717) is 18.0 Å². The molecular weight excluding hydrogens is 248 g/mol. The third kappa shape index (κ3) is 2.01. The fraction of sp³-hybridized carbons (Fsp3) is 0.308. The van der Waals surface area contributed by atoms with Crippen LogP contribution in [0.25, 0.3) is 0 Å². The summed E-state index contributed by atoms with van der Waals surface area (Å²) in [4.78, 5) is 6.13. The van der Waals surface area contributed by atoms with Crippen LogP contribution in [-0.2, 0) is 0 Å². The second-order valence-electron chi connectivity index (χ2n) is 4.32. The van der Waals surface area contributed by atoms with Crippen LogP contribution >= 0.6 is 12.2 Å². The Bertz CT molecular complexity index is 617. The molecule has 2 N–H and O–H groups in total. The molecule has 2 heterocycles. The minimum atomic E-state index is 0.230. The molecule has 1 atom stereocenters. The summed E-state index contributed by atoms with van der Waals surface area (Å²) in [5, 5.41) is 0. The SMILES string of the molecule is CC(c1ccc2c(c1)OCCO2)c1c[nH]c(=S)[nH]1. The molecule has 5 heteroatoms. The van der Waals surface area contributed by atoms with Gasteiger partial charge in [0.2, 0.25) is 0 Å². The molecule has 1 aromatic heterocycles. The summed E-state index contributed by atoms with van der Waals surface area (Å²) in [6.07, 6.45) is 1.91. The highest BCUT2D eigenvalue weighted by Crippen LogP contribution is 2.34. The molecular formula is C13H14N2O2S. The summed E-state index contributed by atoms with van der Waals surface area (Å²) < 4.78 is 11.8. The molecule has 0 aliphatic carbocycles. The summed E-state index contributed by atoms with van der Waals surface area (Å²) in [5.74, 6) is 1.87. The number of hydrogen-bond donors (Lipinski definition) is 2. The van der Waals surface area contributed by atoms with Crippen LogP contribution in [0.3, 0.4) is 0 Å². The van der Waals surface area contributed by atoms with Gasteiger partial charge < -0.3 is 19.4 Å². The first kappa shape index (κ1) is 11.3. The van der Waals surface area contributed by atoms with Gasteiger partial charge in [0.05, 0.1) is 0 Å². The predicted octanol–water partition coefficient (Wildman–Crippen LogP) is 3.00. The van der Waals surface area contributed by atoms with Gasteiger partial charge in [-0.25, -0.2) is 0 Å². The molecule has 0 fully saturated rings. The van der Waals surface area contributed by atoms with Crippen molar-refractivity contribution in [2.24, 2.45) is 0 Å². The average molecular weight is 262 g/mol. The highest BCUT2D eigenvalue weighted by molar-refractivity contribution is 7.71. The number of fused-ring (bicyclic) bond motifs is 1. The molecule has 0 radical (unpaired) electrons. The van der Waals surface area contributed by atoms with Crippen LogP contribution in [0.15, 0.2) is 24.4 Å². The standard InChI is InChI=1S/C13H14N2O2S/c1-8(10-7-14-13(18)15-10)9-2-3-11-12(6-9)17-5-4-16-11/h2-3,6-8H,4-5H2,1H3,(H2,14,15,18). The zero-order valence-corrected chi connectivity index (χ0v) is 10.8. The molecule has 0 saturated carbocycles. The van der Waals surface area contributed by atoms with Crippen molar-refractivity contribution in [2.45, 2.75) is 12.8 Å². The summed E-state index contributed by atoms with van der Waals surface area (Å²) in [7, 11) is 0. The van der Waals surface area contributed by atoms with Crippen LogP contribution in [0.5, 0.6) is 11.5 Å². The smallest absolute Gasteiger partial charge is 0.174 e. The number of rotatable bonds is 2. The highest BCUT2D eigenvalue weighted by Gasteiger charge is 2.16. The zero-order chi connectivity index (χ0) is 12.5. The quantitative estimate of drug-likeness (QED) is 0.818. The minimum absolute atomic E-state index is 0.230. The van der Waals surface area contributed by atoms with Gasteiger partial charge in [-0.1, -0.05) is 13.0 Å². The molecule has 18 heavy (non-hydrogen) atoms. The summed E-state index contributed by atoms with van der Waals surface area (Å²) in [6.45, 7) is 3.35. The van der Waals surface area contributed by atoms with E-state index in [0.717, 1.165) is 17.2 Å². The number of nitrogens with one attached hydrogen (secondary N) is 2. The van der Waals surface area contributed by atoms with Crippen molar-refractivity contribution >= 4 is 12.2 Å². The number of aromatic amines is 2. The molecule has 0 saturated heterocycles. The van der Waals surface area contributed by atoms with E-state index in [1.165, 1.54) is 5.56 Å². The van der Waals surface area contributed by atoms with E-state index < -0.39 is 0 Å². The molecule has 1 aromatic carbocycles. The maximum absolute atomic E-state index is 5.59. The van der Waals surface area contributed by atoms with Crippen molar-refractivity contribution in [2.75, 3.05) is 13.2 Å². The van der Waals surface area contributed by atoms with Gasteiger partial charge in [0.25, 0.3) is 0 Å². The number of ether oxygens (including phenoxy) is 2. The number of aromatic nitrogens is 2. The van der Waals surface area contributed by atoms with E-state index in [-0.39, 0.29) is 5.92 Å². The Morgan fingerprint density at radius 3 is 2.72 bits per heavy atom. The number of benzene rings is 1. The summed E-state index contributed by atoms with van der Waals surface area (Å²) in [5.41, 5.74) is 2.24. The van der Waals surface area contributed by atoms with Gasteiger partial charge >= 0.3 is 0 Å². The van der Waals surface area contributed by atoms with Gasteiger partial charge in [0, 0.05) is 17.8 Å². The van der Waals surface area contributed by atoms with Crippen molar-refractivity contribution in [3.05, 3.63) is 40.4 Å². The Balaban J connectivity index is 1.94. The molecule has 94 valence electrons. The molecule has 1 aliphatic rings. The van der Waals surface area contributed by atoms with Gasteiger partial charge in [0.1, 0.15) is 13.2 Å². The van der Waals surface area contributed by atoms with Crippen LogP contribution < -0.4 is 9.47 Å². The number of H-pyrrole nitrogens is 2. The largest absolute Gasteiger partial charge is 0.486 e. The fourth-order valence-electron chi connectivity index (χ4n) is 2.09. The lowest BCUT2D eigenvalue weighted by molar-refractivity contribution is 0.171. The van der Waals surface area contributed by atoms with Crippen LogP contribution in [0.1, 0.15) is 24.1 Å². The Labute approximate surface area is 110 Å². The lowest BCUT2D eigenvalue weighted by Gasteiger charge is -2.20. The monoisotopic (exact) mass is 262 g/mol. The van der Waals surface area contributed by atoms with Crippen LogP contribution in [0.4, 0.5) is 0 Å². The van der Waals surface area contributed by atoms with Crippen molar-refractivity contribution < 1.29 is 9.47 Å². The van der Waals surface area contributed by atoms with Crippen molar-refractivity contribution in [1.82, 2.24) is 9.97 Å². The van der Waals surface area contributed by atoms with Gasteiger partial charge in [-0.15, -0.1) is 0 Å². The van der Waals surface area contributed by atoms with Gasteiger partial charge in [-0.2, -0.15) is 0 Å². The molecule has 1 aliphatic heterocycles. The molecule has 0 bridgehead atoms. The minimum Gasteiger partial charge on any atom is -0.486 e.